The summed E-state index contributed by atoms with van der Waals surface area (Å²) in [6.45, 7) is 5.20. The number of imidazole rings is 1. The SMILES string of the molecule is CC#CC(=O)N1CCC(Cc2nc(C)cc(-c3nccn3C)n2)CC1. The first-order chi connectivity index (χ1) is 12.1. The Balaban J connectivity index is 1.68. The quantitative estimate of drug-likeness (QED) is 0.804. The van der Waals surface area contributed by atoms with Crippen molar-refractivity contribution in [3.63, 3.8) is 0 Å². The Morgan fingerprint density at radius 1 is 1.32 bits per heavy atom. The van der Waals surface area contributed by atoms with Crippen LogP contribution in [0, 0.1) is 24.7 Å². The first kappa shape index (κ1) is 17.2. The van der Waals surface area contributed by atoms with E-state index in [-0.39, 0.29) is 5.91 Å². The molecule has 1 fully saturated rings. The number of rotatable bonds is 3. The number of carbonyl (C=O) groups is 1. The maximum atomic E-state index is 11.8. The molecule has 0 unspecified atom stereocenters. The Morgan fingerprint density at radius 2 is 2.08 bits per heavy atom. The lowest BCUT2D eigenvalue weighted by Gasteiger charge is -2.30. The van der Waals surface area contributed by atoms with Crippen LogP contribution in [0.3, 0.4) is 0 Å². The molecule has 0 saturated carbocycles. The third-order valence-corrected chi connectivity index (χ3v) is 4.56. The fourth-order valence-corrected chi connectivity index (χ4v) is 3.23. The van der Waals surface area contributed by atoms with Crippen molar-refractivity contribution < 1.29 is 4.79 Å². The Morgan fingerprint density at radius 3 is 2.72 bits per heavy atom. The second-order valence-corrected chi connectivity index (χ2v) is 6.49. The van der Waals surface area contributed by atoms with Crippen LogP contribution in [0.15, 0.2) is 18.5 Å². The standard InChI is InChI=1S/C19H23N5O/c1-4-5-18(25)24-9-6-15(7-10-24)13-17-21-14(2)12-16(22-17)19-20-8-11-23(19)3/h8,11-12,15H,6-7,9-10,13H2,1-3H3. The first-order valence-electron chi connectivity index (χ1n) is 8.60. The molecule has 130 valence electrons. The van der Waals surface area contributed by atoms with Gasteiger partial charge in [-0.25, -0.2) is 15.0 Å². The zero-order valence-corrected chi connectivity index (χ0v) is 15.0. The van der Waals surface area contributed by atoms with E-state index in [1.807, 2.05) is 35.7 Å². The van der Waals surface area contributed by atoms with E-state index < -0.39 is 0 Å². The summed E-state index contributed by atoms with van der Waals surface area (Å²) >= 11 is 0. The second-order valence-electron chi connectivity index (χ2n) is 6.49. The number of piperidine rings is 1. The number of aryl methyl sites for hydroxylation is 2. The van der Waals surface area contributed by atoms with E-state index in [1.165, 1.54) is 0 Å². The lowest BCUT2D eigenvalue weighted by atomic mass is 9.93. The van der Waals surface area contributed by atoms with Gasteiger partial charge in [0.05, 0.1) is 0 Å². The molecule has 0 N–H and O–H groups in total. The molecular weight excluding hydrogens is 314 g/mol. The van der Waals surface area contributed by atoms with Gasteiger partial charge in [0.25, 0.3) is 5.91 Å². The van der Waals surface area contributed by atoms with Crippen molar-refractivity contribution in [2.75, 3.05) is 13.1 Å². The third-order valence-electron chi connectivity index (χ3n) is 4.56. The Hall–Kier alpha value is -2.68. The summed E-state index contributed by atoms with van der Waals surface area (Å²) in [6.07, 6.45) is 6.45. The van der Waals surface area contributed by atoms with Crippen LogP contribution in [0.5, 0.6) is 0 Å². The number of amides is 1. The largest absolute Gasteiger partial charge is 0.333 e. The molecular formula is C19H23N5O. The van der Waals surface area contributed by atoms with Gasteiger partial charge >= 0.3 is 0 Å². The lowest BCUT2D eigenvalue weighted by molar-refractivity contribution is -0.126. The molecule has 1 saturated heterocycles. The second kappa shape index (κ2) is 7.47. The molecule has 0 bridgehead atoms. The van der Waals surface area contributed by atoms with E-state index in [0.29, 0.717) is 5.92 Å². The number of aromatic nitrogens is 4. The van der Waals surface area contributed by atoms with E-state index in [9.17, 15) is 4.79 Å². The van der Waals surface area contributed by atoms with Crippen LogP contribution < -0.4 is 0 Å². The van der Waals surface area contributed by atoms with Crippen molar-refractivity contribution in [2.45, 2.75) is 33.1 Å². The Bertz CT molecular complexity index is 822. The smallest absolute Gasteiger partial charge is 0.298 e. The number of hydrogen-bond acceptors (Lipinski definition) is 4. The van der Waals surface area contributed by atoms with Crippen LogP contribution >= 0.6 is 0 Å². The van der Waals surface area contributed by atoms with Crippen LogP contribution in [-0.4, -0.2) is 43.4 Å². The van der Waals surface area contributed by atoms with E-state index in [1.54, 1.807) is 13.1 Å². The predicted octanol–water partition coefficient (Wildman–Crippen LogP) is 1.99. The van der Waals surface area contributed by atoms with Gasteiger partial charge in [0, 0.05) is 44.6 Å². The minimum Gasteiger partial charge on any atom is -0.333 e. The van der Waals surface area contributed by atoms with Crippen molar-refractivity contribution in [1.29, 1.82) is 0 Å². The molecule has 0 atom stereocenters. The molecule has 3 rings (SSSR count). The molecule has 25 heavy (non-hydrogen) atoms. The molecule has 3 heterocycles. The number of carbonyl (C=O) groups excluding carboxylic acids is 1. The van der Waals surface area contributed by atoms with Crippen molar-refractivity contribution in [3.05, 3.63) is 30.0 Å². The third kappa shape index (κ3) is 4.05. The summed E-state index contributed by atoms with van der Waals surface area (Å²) < 4.78 is 1.96. The maximum Gasteiger partial charge on any atom is 0.298 e. The highest BCUT2D eigenvalue weighted by atomic mass is 16.2. The van der Waals surface area contributed by atoms with Gasteiger partial charge in [-0.3, -0.25) is 4.79 Å². The average Bonchev–Trinajstić information content (AvgIpc) is 3.01. The van der Waals surface area contributed by atoms with Gasteiger partial charge in [-0.15, -0.1) is 0 Å². The zero-order chi connectivity index (χ0) is 17.8. The van der Waals surface area contributed by atoms with Gasteiger partial charge in [0.2, 0.25) is 0 Å². The zero-order valence-electron chi connectivity index (χ0n) is 15.0. The minimum atomic E-state index is -0.0650. The Labute approximate surface area is 148 Å². The van der Waals surface area contributed by atoms with Gasteiger partial charge in [-0.05, 0) is 44.6 Å². The molecule has 6 nitrogen and oxygen atoms in total. The summed E-state index contributed by atoms with van der Waals surface area (Å²) in [6, 6.07) is 1.97. The van der Waals surface area contributed by atoms with Crippen LogP contribution in [0.25, 0.3) is 11.5 Å². The van der Waals surface area contributed by atoms with Crippen LogP contribution in [0.4, 0.5) is 0 Å². The fourth-order valence-electron chi connectivity index (χ4n) is 3.23. The normalized spacial score (nSPS) is 14.9. The highest BCUT2D eigenvalue weighted by molar-refractivity contribution is 5.93. The molecule has 0 aliphatic carbocycles. The van der Waals surface area contributed by atoms with E-state index in [2.05, 4.69) is 21.8 Å². The summed E-state index contributed by atoms with van der Waals surface area (Å²) in [7, 11) is 1.96. The van der Waals surface area contributed by atoms with Crippen molar-refractivity contribution in [3.8, 4) is 23.4 Å². The maximum absolute atomic E-state index is 11.8. The van der Waals surface area contributed by atoms with E-state index in [0.717, 1.165) is 55.4 Å². The topological polar surface area (TPSA) is 63.9 Å². The van der Waals surface area contributed by atoms with Crippen molar-refractivity contribution >= 4 is 5.91 Å². The van der Waals surface area contributed by atoms with Gasteiger partial charge in [-0.2, -0.15) is 0 Å². The molecule has 1 aliphatic heterocycles. The monoisotopic (exact) mass is 337 g/mol. The first-order valence-corrected chi connectivity index (χ1v) is 8.60. The Kier molecular flexibility index (Phi) is 5.13. The summed E-state index contributed by atoms with van der Waals surface area (Å²) in [5.74, 6) is 7.44. The highest BCUT2D eigenvalue weighted by Gasteiger charge is 2.23. The van der Waals surface area contributed by atoms with Gasteiger partial charge in [0.1, 0.15) is 11.5 Å². The van der Waals surface area contributed by atoms with Gasteiger partial charge in [-0.1, -0.05) is 5.92 Å². The molecule has 1 aliphatic rings. The average molecular weight is 337 g/mol. The van der Waals surface area contributed by atoms with Crippen LogP contribution in [0.2, 0.25) is 0 Å². The highest BCUT2D eigenvalue weighted by Crippen LogP contribution is 2.22. The number of hydrogen-bond donors (Lipinski definition) is 0. The molecule has 0 radical (unpaired) electrons. The molecule has 2 aromatic heterocycles. The van der Waals surface area contributed by atoms with E-state index in [4.69, 9.17) is 4.98 Å². The molecule has 0 aromatic carbocycles. The van der Waals surface area contributed by atoms with Crippen molar-refractivity contribution in [1.82, 2.24) is 24.4 Å². The molecule has 1 amide bonds. The minimum absolute atomic E-state index is 0.0650. The lowest BCUT2D eigenvalue weighted by Crippen LogP contribution is -2.38. The molecule has 2 aromatic rings. The van der Waals surface area contributed by atoms with E-state index >= 15 is 0 Å². The van der Waals surface area contributed by atoms with Crippen molar-refractivity contribution in [2.24, 2.45) is 13.0 Å². The summed E-state index contributed by atoms with van der Waals surface area (Å²) in [4.78, 5) is 27.4. The predicted molar refractivity (Wildman–Crippen MR) is 95.4 cm³/mol. The van der Waals surface area contributed by atoms with Crippen LogP contribution in [0.1, 0.15) is 31.3 Å². The molecule has 0 spiro atoms. The molecule has 6 heteroatoms. The van der Waals surface area contributed by atoms with Gasteiger partial charge in [0.15, 0.2) is 5.82 Å². The number of nitrogens with zero attached hydrogens (tertiary/aromatic N) is 5. The summed E-state index contributed by atoms with van der Waals surface area (Å²) in [5.41, 5.74) is 1.81. The fraction of sp³-hybridized carbons (Fsp3) is 0.474. The van der Waals surface area contributed by atoms with Crippen LogP contribution in [-0.2, 0) is 18.3 Å². The summed E-state index contributed by atoms with van der Waals surface area (Å²) in [5, 5.41) is 0. The van der Waals surface area contributed by atoms with Gasteiger partial charge < -0.3 is 9.47 Å². The number of likely N-dealkylation sites (tertiary alicyclic amines) is 1.